The standard InChI is InChI=1S/C25H42N2O3/c1-15(23(29)26-18-9-10-18)19-11-13-25(3)14-12-20(16(2)21(25)22(19)28)27-24(30)17-7-5-4-6-8-17/h15-22,28H,4-14H2,1-3H3,(H,26,29)(H,27,30). The molecule has 4 saturated carbocycles. The summed E-state index contributed by atoms with van der Waals surface area (Å²) >= 11 is 0. The second kappa shape index (κ2) is 8.80. The van der Waals surface area contributed by atoms with Crippen molar-refractivity contribution in [2.45, 2.75) is 110 Å². The van der Waals surface area contributed by atoms with E-state index in [4.69, 9.17) is 0 Å². The van der Waals surface area contributed by atoms with Gasteiger partial charge in [0.15, 0.2) is 0 Å². The molecule has 0 aliphatic heterocycles. The van der Waals surface area contributed by atoms with Gasteiger partial charge in [0, 0.05) is 23.9 Å². The highest BCUT2D eigenvalue weighted by atomic mass is 16.3. The van der Waals surface area contributed by atoms with Crippen LogP contribution >= 0.6 is 0 Å². The average Bonchev–Trinajstić information content (AvgIpc) is 3.54. The summed E-state index contributed by atoms with van der Waals surface area (Å²) in [5, 5.41) is 18.0. The quantitative estimate of drug-likeness (QED) is 0.636. The van der Waals surface area contributed by atoms with Crippen LogP contribution in [0.1, 0.15) is 91.4 Å². The molecule has 0 heterocycles. The lowest BCUT2D eigenvalue weighted by Gasteiger charge is -2.56. The predicted molar refractivity (Wildman–Crippen MR) is 118 cm³/mol. The second-order valence-electron chi connectivity index (χ2n) is 11.3. The number of amides is 2. The normalized spacial score (nSPS) is 40.9. The molecule has 5 heteroatoms. The van der Waals surface area contributed by atoms with E-state index in [0.717, 1.165) is 51.4 Å². The van der Waals surface area contributed by atoms with Gasteiger partial charge in [-0.1, -0.05) is 40.0 Å². The maximum atomic E-state index is 12.9. The largest absolute Gasteiger partial charge is 0.392 e. The molecule has 4 fully saturated rings. The number of carbonyl (C=O) groups is 2. The lowest BCUT2D eigenvalue weighted by molar-refractivity contribution is -0.144. The number of aliphatic hydroxyl groups is 1. The Morgan fingerprint density at radius 3 is 2.30 bits per heavy atom. The molecule has 0 aromatic heterocycles. The Hall–Kier alpha value is -1.10. The predicted octanol–water partition coefficient (Wildman–Crippen LogP) is 3.79. The molecule has 170 valence electrons. The molecule has 30 heavy (non-hydrogen) atoms. The van der Waals surface area contributed by atoms with Gasteiger partial charge in [-0.25, -0.2) is 0 Å². The zero-order chi connectivity index (χ0) is 21.5. The van der Waals surface area contributed by atoms with Crippen LogP contribution in [0.5, 0.6) is 0 Å². The van der Waals surface area contributed by atoms with Crippen LogP contribution in [0.15, 0.2) is 0 Å². The summed E-state index contributed by atoms with van der Waals surface area (Å²) < 4.78 is 0. The van der Waals surface area contributed by atoms with Gasteiger partial charge in [0.2, 0.25) is 11.8 Å². The molecule has 2 amide bonds. The van der Waals surface area contributed by atoms with Crippen LogP contribution in [0.3, 0.4) is 0 Å². The zero-order valence-electron chi connectivity index (χ0n) is 19.2. The van der Waals surface area contributed by atoms with Crippen LogP contribution in [-0.4, -0.2) is 35.1 Å². The Bertz CT molecular complexity index is 642. The summed E-state index contributed by atoms with van der Waals surface area (Å²) in [5.41, 5.74) is 0.105. The molecule has 7 atom stereocenters. The Labute approximate surface area is 182 Å². The molecule has 3 N–H and O–H groups in total. The van der Waals surface area contributed by atoms with Crippen LogP contribution in [0.4, 0.5) is 0 Å². The minimum absolute atomic E-state index is 0.0112. The molecular formula is C25H42N2O3. The van der Waals surface area contributed by atoms with Crippen molar-refractivity contribution in [1.82, 2.24) is 10.6 Å². The highest BCUT2D eigenvalue weighted by molar-refractivity contribution is 5.79. The first-order valence-electron chi connectivity index (χ1n) is 12.6. The number of rotatable bonds is 5. The third kappa shape index (κ3) is 4.42. The van der Waals surface area contributed by atoms with E-state index in [0.29, 0.717) is 6.04 Å². The van der Waals surface area contributed by atoms with Gasteiger partial charge in [0.05, 0.1) is 6.10 Å². The SMILES string of the molecule is CC(C(=O)NC1CC1)C1CCC2(C)CCC(NC(=O)C3CCCCC3)C(C)C2C1O. The van der Waals surface area contributed by atoms with Gasteiger partial charge in [0.25, 0.3) is 0 Å². The summed E-state index contributed by atoms with van der Waals surface area (Å²) in [6, 6.07) is 0.500. The van der Waals surface area contributed by atoms with Crippen molar-refractivity contribution in [1.29, 1.82) is 0 Å². The van der Waals surface area contributed by atoms with Crippen LogP contribution in [0, 0.1) is 35.0 Å². The number of nitrogens with one attached hydrogen (secondary N) is 2. The fourth-order valence-electron chi connectivity index (χ4n) is 6.92. The van der Waals surface area contributed by atoms with Crippen molar-refractivity contribution in [3.63, 3.8) is 0 Å². The molecule has 4 aliphatic rings. The minimum Gasteiger partial charge on any atom is -0.392 e. The highest BCUT2D eigenvalue weighted by Gasteiger charge is 2.54. The van der Waals surface area contributed by atoms with Crippen molar-refractivity contribution in [3.05, 3.63) is 0 Å². The summed E-state index contributed by atoms with van der Waals surface area (Å²) in [5.74, 6) is 0.733. The third-order valence-corrected chi connectivity index (χ3v) is 9.17. The smallest absolute Gasteiger partial charge is 0.223 e. The van der Waals surface area contributed by atoms with Crippen LogP contribution in [0.2, 0.25) is 0 Å². The summed E-state index contributed by atoms with van der Waals surface area (Å²) in [7, 11) is 0. The number of carbonyl (C=O) groups excluding carboxylic acids is 2. The van der Waals surface area contributed by atoms with Crippen molar-refractivity contribution >= 4 is 11.8 Å². The molecule has 0 spiro atoms. The fraction of sp³-hybridized carbons (Fsp3) is 0.920. The van der Waals surface area contributed by atoms with Crippen LogP contribution in [0.25, 0.3) is 0 Å². The molecule has 0 saturated heterocycles. The summed E-state index contributed by atoms with van der Waals surface area (Å²) in [4.78, 5) is 25.5. The number of hydrogen-bond donors (Lipinski definition) is 3. The summed E-state index contributed by atoms with van der Waals surface area (Å²) in [6.45, 7) is 6.53. The first kappa shape index (κ1) is 22.1. The molecule has 0 bridgehead atoms. The number of hydrogen-bond acceptors (Lipinski definition) is 3. The van der Waals surface area contributed by atoms with Gasteiger partial charge >= 0.3 is 0 Å². The van der Waals surface area contributed by atoms with Gasteiger partial charge in [-0.2, -0.15) is 0 Å². The Morgan fingerprint density at radius 2 is 1.63 bits per heavy atom. The van der Waals surface area contributed by atoms with Gasteiger partial charge in [-0.3, -0.25) is 9.59 Å². The van der Waals surface area contributed by atoms with Gasteiger partial charge in [-0.15, -0.1) is 0 Å². The average molecular weight is 419 g/mol. The van der Waals surface area contributed by atoms with E-state index in [1.54, 1.807) is 0 Å². The first-order valence-corrected chi connectivity index (χ1v) is 12.6. The second-order valence-corrected chi connectivity index (χ2v) is 11.3. The van der Waals surface area contributed by atoms with E-state index in [2.05, 4.69) is 24.5 Å². The maximum absolute atomic E-state index is 12.9. The van der Waals surface area contributed by atoms with E-state index < -0.39 is 6.10 Å². The van der Waals surface area contributed by atoms with E-state index in [-0.39, 0.29) is 52.9 Å². The minimum atomic E-state index is -0.479. The Balaban J connectivity index is 1.42. The van der Waals surface area contributed by atoms with E-state index in [1.165, 1.54) is 19.3 Å². The molecule has 0 aromatic carbocycles. The molecule has 5 nitrogen and oxygen atoms in total. The number of fused-ring (bicyclic) bond motifs is 1. The Kier molecular flexibility index (Phi) is 6.48. The topological polar surface area (TPSA) is 78.4 Å². The van der Waals surface area contributed by atoms with E-state index >= 15 is 0 Å². The lowest BCUT2D eigenvalue weighted by atomic mass is 9.51. The fourth-order valence-corrected chi connectivity index (χ4v) is 6.92. The Morgan fingerprint density at radius 1 is 0.967 bits per heavy atom. The maximum Gasteiger partial charge on any atom is 0.223 e. The van der Waals surface area contributed by atoms with Crippen molar-refractivity contribution < 1.29 is 14.7 Å². The van der Waals surface area contributed by atoms with Crippen molar-refractivity contribution in [3.8, 4) is 0 Å². The van der Waals surface area contributed by atoms with Crippen LogP contribution < -0.4 is 10.6 Å². The van der Waals surface area contributed by atoms with Gasteiger partial charge < -0.3 is 15.7 Å². The molecule has 7 unspecified atom stereocenters. The molecule has 0 radical (unpaired) electrons. The highest BCUT2D eigenvalue weighted by Crippen LogP contribution is 2.55. The molecule has 4 rings (SSSR count). The van der Waals surface area contributed by atoms with E-state index in [1.807, 2.05) is 6.92 Å². The van der Waals surface area contributed by atoms with Gasteiger partial charge in [0.1, 0.15) is 0 Å². The molecular weight excluding hydrogens is 376 g/mol. The van der Waals surface area contributed by atoms with Gasteiger partial charge in [-0.05, 0) is 74.5 Å². The zero-order valence-corrected chi connectivity index (χ0v) is 19.2. The van der Waals surface area contributed by atoms with Crippen molar-refractivity contribution in [2.75, 3.05) is 0 Å². The molecule has 0 aromatic rings. The molecule has 4 aliphatic carbocycles. The van der Waals surface area contributed by atoms with Crippen LogP contribution in [-0.2, 0) is 9.59 Å². The van der Waals surface area contributed by atoms with E-state index in [9.17, 15) is 14.7 Å². The lowest BCUT2D eigenvalue weighted by Crippen LogP contribution is -2.59. The third-order valence-electron chi connectivity index (χ3n) is 9.17. The number of aliphatic hydroxyl groups excluding tert-OH is 1. The summed E-state index contributed by atoms with van der Waals surface area (Å²) in [6.07, 6.45) is 11.4. The van der Waals surface area contributed by atoms with Crippen molar-refractivity contribution in [2.24, 2.45) is 35.0 Å². The first-order chi connectivity index (χ1) is 14.3. The monoisotopic (exact) mass is 418 g/mol.